The van der Waals surface area contributed by atoms with E-state index in [1.807, 2.05) is 12.2 Å². The van der Waals surface area contributed by atoms with Gasteiger partial charge in [0.1, 0.15) is 6.33 Å². The van der Waals surface area contributed by atoms with Gasteiger partial charge < -0.3 is 5.11 Å². The number of hydrogen-bond acceptors (Lipinski definition) is 3. The summed E-state index contributed by atoms with van der Waals surface area (Å²) in [4.78, 5) is 18.5. The zero-order valence-electron chi connectivity index (χ0n) is 8.95. The highest BCUT2D eigenvalue weighted by Gasteiger charge is 1.99. The van der Waals surface area contributed by atoms with Crippen molar-refractivity contribution in [1.29, 1.82) is 0 Å². The second-order valence-corrected chi connectivity index (χ2v) is 3.39. The summed E-state index contributed by atoms with van der Waals surface area (Å²) in [5.41, 5.74) is 2.01. The molecule has 0 unspecified atom stereocenters. The number of benzene rings is 1. The lowest BCUT2D eigenvalue weighted by atomic mass is 10.1. The summed E-state index contributed by atoms with van der Waals surface area (Å²) >= 11 is 0. The van der Waals surface area contributed by atoms with E-state index < -0.39 is 5.97 Å². The molecule has 0 aliphatic rings. The van der Waals surface area contributed by atoms with Crippen molar-refractivity contribution in [3.8, 4) is 0 Å². The van der Waals surface area contributed by atoms with E-state index in [1.54, 1.807) is 36.5 Å². The number of hydrogen-bond donors (Lipinski definition) is 1. The van der Waals surface area contributed by atoms with E-state index in [9.17, 15) is 4.79 Å². The lowest BCUT2D eigenvalue weighted by molar-refractivity contribution is 0.0697. The molecule has 0 bridgehead atoms. The maximum absolute atomic E-state index is 10.7. The summed E-state index contributed by atoms with van der Waals surface area (Å²) in [5.74, 6) is -0.920. The normalized spacial score (nSPS) is 10.6. The van der Waals surface area contributed by atoms with E-state index in [4.69, 9.17) is 5.11 Å². The molecule has 1 heterocycles. The largest absolute Gasteiger partial charge is 0.478 e. The van der Waals surface area contributed by atoms with Crippen LogP contribution in [0.1, 0.15) is 21.6 Å². The van der Waals surface area contributed by atoms with Crippen LogP contribution in [0.5, 0.6) is 0 Å². The third-order valence-corrected chi connectivity index (χ3v) is 2.21. The molecular formula is C13H10N2O2. The highest BCUT2D eigenvalue weighted by atomic mass is 16.4. The lowest BCUT2D eigenvalue weighted by Crippen LogP contribution is -1.94. The second-order valence-electron chi connectivity index (χ2n) is 3.39. The molecule has 0 fully saturated rings. The fraction of sp³-hybridized carbons (Fsp3) is 0. The van der Waals surface area contributed by atoms with Crippen molar-refractivity contribution in [2.45, 2.75) is 0 Å². The molecule has 0 saturated carbocycles. The molecule has 0 saturated heterocycles. The number of carboxylic acids is 1. The minimum absolute atomic E-state index is 0.282. The first-order valence-electron chi connectivity index (χ1n) is 5.03. The first-order valence-corrected chi connectivity index (χ1v) is 5.03. The number of carboxylic acid groups (broad SMARTS) is 1. The molecule has 2 aromatic rings. The van der Waals surface area contributed by atoms with Crippen LogP contribution in [-0.2, 0) is 0 Å². The van der Waals surface area contributed by atoms with Gasteiger partial charge in [-0.3, -0.25) is 0 Å². The minimum atomic E-state index is -0.920. The average molecular weight is 226 g/mol. The molecule has 4 heteroatoms. The number of nitrogens with zero attached hydrogens (tertiary/aromatic N) is 2. The first kappa shape index (κ1) is 11.0. The van der Waals surface area contributed by atoms with E-state index in [1.165, 1.54) is 6.33 Å². The Bertz CT molecular complexity index is 533. The van der Waals surface area contributed by atoms with Crippen LogP contribution in [-0.4, -0.2) is 21.0 Å². The monoisotopic (exact) mass is 226 g/mol. The number of aromatic nitrogens is 2. The van der Waals surface area contributed by atoms with Crippen LogP contribution in [0.2, 0.25) is 0 Å². The van der Waals surface area contributed by atoms with Crippen LogP contribution >= 0.6 is 0 Å². The van der Waals surface area contributed by atoms with E-state index >= 15 is 0 Å². The van der Waals surface area contributed by atoms with E-state index in [2.05, 4.69) is 9.97 Å². The molecule has 0 aliphatic heterocycles. The highest BCUT2D eigenvalue weighted by Crippen LogP contribution is 2.08. The molecule has 0 atom stereocenters. The second kappa shape index (κ2) is 5.03. The standard InChI is InChI=1S/C13H10N2O2/c16-13(17)11-4-1-10(2-5-11)3-6-12-7-8-14-9-15-12/h1-9H,(H,16,17)/b6-3+. The Hall–Kier alpha value is -2.49. The summed E-state index contributed by atoms with van der Waals surface area (Å²) in [6.07, 6.45) is 6.86. The predicted octanol–water partition coefficient (Wildman–Crippen LogP) is 2.35. The van der Waals surface area contributed by atoms with E-state index in [-0.39, 0.29) is 5.56 Å². The maximum atomic E-state index is 10.7. The molecule has 1 aromatic carbocycles. The van der Waals surface area contributed by atoms with Gasteiger partial charge in [0, 0.05) is 6.20 Å². The van der Waals surface area contributed by atoms with Gasteiger partial charge in [0.25, 0.3) is 0 Å². The van der Waals surface area contributed by atoms with Gasteiger partial charge in [-0.1, -0.05) is 18.2 Å². The van der Waals surface area contributed by atoms with Crippen molar-refractivity contribution < 1.29 is 9.90 Å². The van der Waals surface area contributed by atoms with E-state index in [0.29, 0.717) is 0 Å². The van der Waals surface area contributed by atoms with E-state index in [0.717, 1.165) is 11.3 Å². The molecule has 1 aromatic heterocycles. The Balaban J connectivity index is 2.14. The van der Waals surface area contributed by atoms with Gasteiger partial charge in [-0.25, -0.2) is 14.8 Å². The minimum Gasteiger partial charge on any atom is -0.478 e. The molecule has 0 spiro atoms. The SMILES string of the molecule is O=C(O)c1ccc(/C=C/c2ccncn2)cc1. The fourth-order valence-corrected chi connectivity index (χ4v) is 1.32. The van der Waals surface area contributed by atoms with Crippen molar-refractivity contribution in [1.82, 2.24) is 9.97 Å². The van der Waals surface area contributed by atoms with Crippen LogP contribution in [0.4, 0.5) is 0 Å². The van der Waals surface area contributed by atoms with Crippen molar-refractivity contribution >= 4 is 18.1 Å². The number of rotatable bonds is 3. The molecule has 0 radical (unpaired) electrons. The molecule has 0 amide bonds. The first-order chi connectivity index (χ1) is 8.25. The Morgan fingerprint density at radius 3 is 2.47 bits per heavy atom. The zero-order valence-corrected chi connectivity index (χ0v) is 8.95. The summed E-state index contributed by atoms with van der Waals surface area (Å²) in [5, 5.41) is 8.75. The van der Waals surface area contributed by atoms with Gasteiger partial charge in [0.05, 0.1) is 11.3 Å². The quantitative estimate of drug-likeness (QED) is 0.872. The van der Waals surface area contributed by atoms with Gasteiger partial charge in [0.2, 0.25) is 0 Å². The van der Waals surface area contributed by atoms with Gasteiger partial charge in [-0.05, 0) is 29.8 Å². The number of aromatic carboxylic acids is 1. The van der Waals surface area contributed by atoms with Gasteiger partial charge >= 0.3 is 5.97 Å². The van der Waals surface area contributed by atoms with Crippen LogP contribution in [0, 0.1) is 0 Å². The smallest absolute Gasteiger partial charge is 0.335 e. The summed E-state index contributed by atoms with van der Waals surface area (Å²) < 4.78 is 0. The topological polar surface area (TPSA) is 63.1 Å². The zero-order chi connectivity index (χ0) is 12.1. The third kappa shape index (κ3) is 2.98. The average Bonchev–Trinajstić information content (AvgIpc) is 2.38. The fourth-order valence-electron chi connectivity index (χ4n) is 1.32. The van der Waals surface area contributed by atoms with Crippen molar-refractivity contribution in [2.24, 2.45) is 0 Å². The van der Waals surface area contributed by atoms with Crippen molar-refractivity contribution in [3.63, 3.8) is 0 Å². The van der Waals surface area contributed by atoms with Crippen LogP contribution in [0.15, 0.2) is 42.9 Å². The summed E-state index contributed by atoms with van der Waals surface area (Å²) in [6.45, 7) is 0. The summed E-state index contributed by atoms with van der Waals surface area (Å²) in [7, 11) is 0. The third-order valence-electron chi connectivity index (χ3n) is 2.21. The van der Waals surface area contributed by atoms with Gasteiger partial charge in [-0.15, -0.1) is 0 Å². The van der Waals surface area contributed by atoms with Crippen LogP contribution < -0.4 is 0 Å². The van der Waals surface area contributed by atoms with Crippen molar-refractivity contribution in [3.05, 3.63) is 59.7 Å². The number of carbonyl (C=O) groups is 1. The lowest BCUT2D eigenvalue weighted by Gasteiger charge is -1.96. The molecule has 1 N–H and O–H groups in total. The van der Waals surface area contributed by atoms with Gasteiger partial charge in [0.15, 0.2) is 0 Å². The summed E-state index contributed by atoms with van der Waals surface area (Å²) in [6, 6.07) is 8.44. The Labute approximate surface area is 98.3 Å². The molecule has 84 valence electrons. The predicted molar refractivity (Wildman–Crippen MR) is 64.4 cm³/mol. The van der Waals surface area contributed by atoms with Crippen LogP contribution in [0.3, 0.4) is 0 Å². The molecule has 4 nitrogen and oxygen atoms in total. The molecular weight excluding hydrogens is 216 g/mol. The molecule has 17 heavy (non-hydrogen) atoms. The Kier molecular flexibility index (Phi) is 3.25. The van der Waals surface area contributed by atoms with Crippen molar-refractivity contribution in [2.75, 3.05) is 0 Å². The van der Waals surface area contributed by atoms with Crippen LogP contribution in [0.25, 0.3) is 12.2 Å². The van der Waals surface area contributed by atoms with Gasteiger partial charge in [-0.2, -0.15) is 0 Å². The Morgan fingerprint density at radius 1 is 1.12 bits per heavy atom. The highest BCUT2D eigenvalue weighted by molar-refractivity contribution is 5.88. The molecule has 2 rings (SSSR count). The Morgan fingerprint density at radius 2 is 1.88 bits per heavy atom. The molecule has 0 aliphatic carbocycles. The maximum Gasteiger partial charge on any atom is 0.335 e.